The van der Waals surface area contributed by atoms with Gasteiger partial charge in [-0.05, 0) is 35.9 Å². The molecule has 7 heteroatoms. The second kappa shape index (κ2) is 9.44. The smallest absolute Gasteiger partial charge is 0.270 e. The molecule has 0 saturated heterocycles. The van der Waals surface area contributed by atoms with Gasteiger partial charge in [0, 0.05) is 28.0 Å². The van der Waals surface area contributed by atoms with Gasteiger partial charge in [0.15, 0.2) is 4.91 Å². The van der Waals surface area contributed by atoms with Gasteiger partial charge < -0.3 is 5.32 Å². The summed E-state index contributed by atoms with van der Waals surface area (Å²) in [6, 6.07) is 33.6. The number of hydrogen-bond donors (Lipinski definition) is 1. The molecule has 4 aromatic carbocycles. The number of rotatable bonds is 5. The highest BCUT2D eigenvalue weighted by Gasteiger charge is 2.39. The molecule has 0 atom stereocenters. The number of benzene rings is 4. The first-order valence-corrected chi connectivity index (χ1v) is 13.2. The van der Waals surface area contributed by atoms with Gasteiger partial charge in [0.25, 0.3) is 15.9 Å². The summed E-state index contributed by atoms with van der Waals surface area (Å²) in [5.41, 5.74) is 2.82. The van der Waals surface area contributed by atoms with Crippen LogP contribution in [0.3, 0.4) is 0 Å². The summed E-state index contributed by atoms with van der Waals surface area (Å²) in [5, 5.41) is 2.88. The molecular weight excluding hydrogens is 476 g/mol. The molecule has 0 unspecified atom stereocenters. The van der Waals surface area contributed by atoms with Crippen LogP contribution in [0.5, 0.6) is 0 Å². The third-order valence-electron chi connectivity index (χ3n) is 5.73. The van der Waals surface area contributed by atoms with Gasteiger partial charge in [-0.15, -0.1) is 0 Å². The van der Waals surface area contributed by atoms with Crippen molar-refractivity contribution in [3.8, 4) is 0 Å². The van der Waals surface area contributed by atoms with E-state index in [1.54, 1.807) is 18.2 Å². The zero-order chi connectivity index (χ0) is 24.4. The third-order valence-corrected chi connectivity index (χ3v) is 8.64. The van der Waals surface area contributed by atoms with Gasteiger partial charge >= 0.3 is 0 Å². The molecule has 0 fully saturated rings. The van der Waals surface area contributed by atoms with Crippen molar-refractivity contribution in [1.29, 1.82) is 0 Å². The highest BCUT2D eigenvalue weighted by atomic mass is 32.2. The molecule has 0 saturated carbocycles. The summed E-state index contributed by atoms with van der Waals surface area (Å²) in [6.45, 7) is 0. The van der Waals surface area contributed by atoms with Crippen LogP contribution in [0.2, 0.25) is 0 Å². The number of carbonyl (C=O) groups is 1. The lowest BCUT2D eigenvalue weighted by molar-refractivity contribution is -0.112. The molecule has 1 heterocycles. The molecule has 174 valence electrons. The van der Waals surface area contributed by atoms with Crippen LogP contribution in [-0.4, -0.2) is 21.4 Å². The molecular formula is C28H22N2O3S2. The van der Waals surface area contributed by atoms with Gasteiger partial charge in [-0.25, -0.2) is 8.42 Å². The summed E-state index contributed by atoms with van der Waals surface area (Å²) < 4.78 is 28.5. The number of para-hydroxylation sites is 2. The Hall–Kier alpha value is -3.81. The quantitative estimate of drug-likeness (QED) is 0.366. The molecule has 0 aliphatic carbocycles. The van der Waals surface area contributed by atoms with Crippen LogP contribution in [0.15, 0.2) is 124 Å². The van der Waals surface area contributed by atoms with Crippen molar-refractivity contribution in [2.75, 3.05) is 16.7 Å². The van der Waals surface area contributed by atoms with E-state index < -0.39 is 15.9 Å². The molecule has 4 aromatic rings. The molecule has 0 aromatic heterocycles. The monoisotopic (exact) mass is 498 g/mol. The summed E-state index contributed by atoms with van der Waals surface area (Å²) in [6.07, 6.45) is 0. The van der Waals surface area contributed by atoms with Crippen molar-refractivity contribution in [3.05, 3.63) is 125 Å². The Kier molecular flexibility index (Phi) is 6.19. The summed E-state index contributed by atoms with van der Waals surface area (Å²) in [4.78, 5) is 15.3. The maximum Gasteiger partial charge on any atom is 0.270 e. The standard InChI is InChI=1S/C28H22N2O3S2/c1-30-24-18-10-8-16-22(24)26(20-12-4-2-5-13-20)27(35(30,32)33)28(31)29-23-17-9-11-19-25(23)34-21-14-6-3-7-15-21/h2-19H,1H3,(H,29,31). The number of hydrogen-bond acceptors (Lipinski definition) is 4. The Morgan fingerprint density at radius 3 is 2.11 bits per heavy atom. The second-order valence-electron chi connectivity index (χ2n) is 7.93. The zero-order valence-corrected chi connectivity index (χ0v) is 20.5. The van der Waals surface area contributed by atoms with E-state index in [0.29, 0.717) is 28.1 Å². The molecule has 5 nitrogen and oxygen atoms in total. The molecule has 5 rings (SSSR count). The van der Waals surface area contributed by atoms with Crippen molar-refractivity contribution in [2.24, 2.45) is 0 Å². The van der Waals surface area contributed by atoms with E-state index in [2.05, 4.69) is 5.32 Å². The van der Waals surface area contributed by atoms with Gasteiger partial charge in [-0.1, -0.05) is 90.6 Å². The number of nitrogens with zero attached hydrogens (tertiary/aromatic N) is 1. The zero-order valence-electron chi connectivity index (χ0n) is 18.9. The fourth-order valence-electron chi connectivity index (χ4n) is 4.05. The van der Waals surface area contributed by atoms with Gasteiger partial charge in [0.1, 0.15) is 0 Å². The number of carbonyl (C=O) groups excluding carboxylic acids is 1. The molecule has 1 N–H and O–H groups in total. The largest absolute Gasteiger partial charge is 0.320 e. The minimum Gasteiger partial charge on any atom is -0.320 e. The Balaban J connectivity index is 1.64. The first kappa shape index (κ1) is 23.0. The lowest BCUT2D eigenvalue weighted by Gasteiger charge is -2.31. The van der Waals surface area contributed by atoms with Crippen LogP contribution in [0.1, 0.15) is 11.1 Å². The van der Waals surface area contributed by atoms with Crippen molar-refractivity contribution in [3.63, 3.8) is 0 Å². The van der Waals surface area contributed by atoms with E-state index >= 15 is 0 Å². The van der Waals surface area contributed by atoms with E-state index in [9.17, 15) is 13.2 Å². The van der Waals surface area contributed by atoms with E-state index in [0.717, 1.165) is 9.79 Å². The highest BCUT2D eigenvalue weighted by Crippen LogP contribution is 2.42. The number of anilines is 2. The first-order valence-electron chi connectivity index (χ1n) is 11.0. The van der Waals surface area contributed by atoms with E-state index in [1.165, 1.54) is 23.1 Å². The average molecular weight is 499 g/mol. The Morgan fingerprint density at radius 2 is 1.37 bits per heavy atom. The van der Waals surface area contributed by atoms with Crippen LogP contribution >= 0.6 is 11.8 Å². The Labute approximate surface area is 209 Å². The Bertz CT molecular complexity index is 1530. The van der Waals surface area contributed by atoms with Crippen LogP contribution in [0.25, 0.3) is 5.57 Å². The predicted molar refractivity (Wildman–Crippen MR) is 142 cm³/mol. The van der Waals surface area contributed by atoms with Crippen molar-refractivity contribution in [2.45, 2.75) is 9.79 Å². The summed E-state index contributed by atoms with van der Waals surface area (Å²) in [7, 11) is -2.64. The minimum absolute atomic E-state index is 0.274. The molecule has 1 aliphatic rings. The number of sulfonamides is 1. The first-order chi connectivity index (χ1) is 17.0. The lowest BCUT2D eigenvalue weighted by Crippen LogP contribution is -2.37. The van der Waals surface area contributed by atoms with Crippen LogP contribution in [-0.2, 0) is 14.8 Å². The molecule has 1 amide bonds. The Morgan fingerprint density at radius 1 is 0.771 bits per heavy atom. The van der Waals surface area contributed by atoms with E-state index in [1.807, 2.05) is 91.0 Å². The van der Waals surface area contributed by atoms with E-state index in [4.69, 9.17) is 0 Å². The normalized spacial score (nSPS) is 14.4. The molecule has 0 spiro atoms. The van der Waals surface area contributed by atoms with E-state index in [-0.39, 0.29) is 4.91 Å². The predicted octanol–water partition coefficient (Wildman–Crippen LogP) is 6.02. The van der Waals surface area contributed by atoms with Crippen molar-refractivity contribution < 1.29 is 13.2 Å². The maximum atomic E-state index is 13.7. The lowest BCUT2D eigenvalue weighted by atomic mass is 9.95. The summed E-state index contributed by atoms with van der Waals surface area (Å²) in [5.74, 6) is -0.675. The minimum atomic E-state index is -4.11. The maximum absolute atomic E-state index is 13.7. The number of amides is 1. The molecule has 0 radical (unpaired) electrons. The van der Waals surface area contributed by atoms with Gasteiger partial charge in [0.2, 0.25) is 0 Å². The fourth-order valence-corrected chi connectivity index (χ4v) is 6.44. The SMILES string of the molecule is CN1c2ccccc2C(c2ccccc2)=C(C(=O)Nc2ccccc2Sc2ccccc2)S1(=O)=O. The number of nitrogens with one attached hydrogen (secondary N) is 1. The van der Waals surface area contributed by atoms with Crippen LogP contribution < -0.4 is 9.62 Å². The van der Waals surface area contributed by atoms with Crippen LogP contribution in [0, 0.1) is 0 Å². The fraction of sp³-hybridized carbons (Fsp3) is 0.0357. The molecule has 0 bridgehead atoms. The topological polar surface area (TPSA) is 66.5 Å². The molecule has 1 aliphatic heterocycles. The second-order valence-corrected chi connectivity index (χ2v) is 10.9. The average Bonchev–Trinajstić information content (AvgIpc) is 2.88. The van der Waals surface area contributed by atoms with Gasteiger partial charge in [-0.2, -0.15) is 0 Å². The van der Waals surface area contributed by atoms with Crippen molar-refractivity contribution >= 4 is 44.6 Å². The van der Waals surface area contributed by atoms with Crippen LogP contribution in [0.4, 0.5) is 11.4 Å². The molecule has 35 heavy (non-hydrogen) atoms. The highest BCUT2D eigenvalue weighted by molar-refractivity contribution is 7.99. The van der Waals surface area contributed by atoms with Gasteiger partial charge in [0.05, 0.1) is 11.4 Å². The van der Waals surface area contributed by atoms with Gasteiger partial charge in [-0.3, -0.25) is 9.10 Å². The third kappa shape index (κ3) is 4.36. The van der Waals surface area contributed by atoms with Crippen molar-refractivity contribution in [1.82, 2.24) is 0 Å². The summed E-state index contributed by atoms with van der Waals surface area (Å²) >= 11 is 1.50. The number of fused-ring (bicyclic) bond motifs is 1.